The van der Waals surface area contributed by atoms with Crippen LogP contribution in [0.1, 0.15) is 25.0 Å². The number of aromatic nitrogens is 4. The standard InChI is InChI=1S/C27H27F5N6O3S/c1-15(2)42(40,41)37-9-10-38(17(14-37)11-16-7-5-4-6-8-16)26-33-13-19-23(35-36(3)25(19)34-26)18-12-20(27(30,31)32)22(29)24(39)21(18)28/h4-8,12-13,15,17,39H,9-11,14H2,1-3H3/t17-/m1/s1. The topological polar surface area (TPSA) is 104 Å². The maximum atomic E-state index is 14.9. The molecule has 2 aromatic heterocycles. The smallest absolute Gasteiger partial charge is 0.419 e. The lowest BCUT2D eigenvalue weighted by Gasteiger charge is -2.41. The number of piperazine rings is 1. The van der Waals surface area contributed by atoms with Crippen molar-refractivity contribution in [2.75, 3.05) is 24.5 Å². The highest BCUT2D eigenvalue weighted by atomic mass is 32.2. The second-order valence-corrected chi connectivity index (χ2v) is 12.8. The summed E-state index contributed by atoms with van der Waals surface area (Å²) in [6.45, 7) is 3.85. The van der Waals surface area contributed by atoms with Gasteiger partial charge in [-0.2, -0.15) is 27.6 Å². The third-order valence-electron chi connectivity index (χ3n) is 7.28. The number of sulfonamides is 1. The molecule has 0 bridgehead atoms. The number of aromatic hydroxyl groups is 1. The van der Waals surface area contributed by atoms with Gasteiger partial charge in [-0.05, 0) is 31.9 Å². The monoisotopic (exact) mass is 610 g/mol. The average molecular weight is 611 g/mol. The molecule has 0 unspecified atom stereocenters. The van der Waals surface area contributed by atoms with Crippen molar-refractivity contribution >= 4 is 27.0 Å². The van der Waals surface area contributed by atoms with Crippen molar-refractivity contribution in [1.29, 1.82) is 0 Å². The Labute approximate surface area is 238 Å². The van der Waals surface area contributed by atoms with Gasteiger partial charge in [0.1, 0.15) is 5.69 Å². The van der Waals surface area contributed by atoms with E-state index in [1.54, 1.807) is 13.8 Å². The molecule has 1 aliphatic heterocycles. The number of phenolic OH excluding ortho intramolecular Hbond substituents is 1. The van der Waals surface area contributed by atoms with Crippen LogP contribution >= 0.6 is 0 Å². The van der Waals surface area contributed by atoms with Gasteiger partial charge in [-0.15, -0.1) is 0 Å². The molecule has 0 radical (unpaired) electrons. The molecule has 1 N–H and O–H groups in total. The molecule has 0 spiro atoms. The lowest BCUT2D eigenvalue weighted by Crippen LogP contribution is -2.57. The van der Waals surface area contributed by atoms with E-state index in [2.05, 4.69) is 15.1 Å². The Kier molecular flexibility index (Phi) is 7.60. The molecular formula is C27H27F5N6O3S. The molecule has 2 aromatic carbocycles. The zero-order chi connectivity index (χ0) is 30.6. The fourth-order valence-corrected chi connectivity index (χ4v) is 6.36. The van der Waals surface area contributed by atoms with Crippen LogP contribution < -0.4 is 4.90 Å². The van der Waals surface area contributed by atoms with E-state index in [0.29, 0.717) is 6.42 Å². The number of nitrogens with zero attached hydrogens (tertiary/aromatic N) is 6. The number of hydrogen-bond acceptors (Lipinski definition) is 7. The van der Waals surface area contributed by atoms with Crippen LogP contribution in [0.2, 0.25) is 0 Å². The largest absolute Gasteiger partial charge is 0.503 e. The normalized spacial score (nSPS) is 17.0. The minimum Gasteiger partial charge on any atom is -0.503 e. The first-order valence-corrected chi connectivity index (χ1v) is 14.5. The molecule has 1 saturated heterocycles. The number of rotatable bonds is 6. The summed E-state index contributed by atoms with van der Waals surface area (Å²) in [6.07, 6.45) is -3.45. The van der Waals surface area contributed by atoms with E-state index in [1.807, 2.05) is 35.2 Å². The zero-order valence-electron chi connectivity index (χ0n) is 22.8. The summed E-state index contributed by atoms with van der Waals surface area (Å²) in [7, 11) is -2.09. The van der Waals surface area contributed by atoms with E-state index in [-0.39, 0.29) is 54.4 Å². The van der Waals surface area contributed by atoms with Gasteiger partial charge in [0.2, 0.25) is 16.0 Å². The lowest BCUT2D eigenvalue weighted by atomic mass is 10.0. The molecule has 3 heterocycles. The van der Waals surface area contributed by atoms with Crippen LogP contribution in [-0.2, 0) is 29.7 Å². The molecule has 0 amide bonds. The Bertz CT molecular complexity index is 1740. The number of fused-ring (bicyclic) bond motifs is 1. The van der Waals surface area contributed by atoms with Crippen molar-refractivity contribution in [2.45, 2.75) is 37.7 Å². The summed E-state index contributed by atoms with van der Waals surface area (Å²) < 4.78 is 97.7. The maximum absolute atomic E-state index is 14.9. The first-order chi connectivity index (χ1) is 19.7. The molecule has 1 fully saturated rings. The van der Waals surface area contributed by atoms with Gasteiger partial charge in [-0.25, -0.2) is 26.9 Å². The summed E-state index contributed by atoms with van der Waals surface area (Å²) in [5.41, 5.74) is -1.82. The first-order valence-electron chi connectivity index (χ1n) is 13.0. The van der Waals surface area contributed by atoms with Gasteiger partial charge < -0.3 is 10.0 Å². The van der Waals surface area contributed by atoms with Crippen LogP contribution in [0.5, 0.6) is 5.75 Å². The fourth-order valence-electron chi connectivity index (χ4n) is 5.05. The van der Waals surface area contributed by atoms with Crippen molar-refractivity contribution in [1.82, 2.24) is 24.1 Å². The lowest BCUT2D eigenvalue weighted by molar-refractivity contribution is -0.140. The SMILES string of the molecule is CC(C)S(=O)(=O)N1CCN(c2ncc3c(-c4cc(C(F)(F)F)c(F)c(O)c4F)nn(C)c3n2)[C@H](Cc2ccccc2)C1. The van der Waals surface area contributed by atoms with Gasteiger partial charge in [-0.3, -0.25) is 0 Å². The van der Waals surface area contributed by atoms with E-state index in [1.165, 1.54) is 22.2 Å². The second kappa shape index (κ2) is 10.8. The molecule has 4 aromatic rings. The van der Waals surface area contributed by atoms with Crippen molar-refractivity contribution in [3.8, 4) is 17.0 Å². The first kappa shape index (κ1) is 29.6. The van der Waals surface area contributed by atoms with Crippen molar-refractivity contribution in [3.63, 3.8) is 0 Å². The van der Waals surface area contributed by atoms with E-state index >= 15 is 0 Å². The number of benzene rings is 2. The van der Waals surface area contributed by atoms with Crippen LogP contribution in [-0.4, -0.2) is 68.5 Å². The summed E-state index contributed by atoms with van der Waals surface area (Å²) >= 11 is 0. The molecule has 42 heavy (non-hydrogen) atoms. The quantitative estimate of drug-likeness (QED) is 0.321. The Hall–Kier alpha value is -3.85. The summed E-state index contributed by atoms with van der Waals surface area (Å²) in [5, 5.41) is 13.4. The molecule has 9 nitrogen and oxygen atoms in total. The number of hydrogen-bond donors (Lipinski definition) is 1. The summed E-state index contributed by atoms with van der Waals surface area (Å²) in [4.78, 5) is 10.8. The Balaban J connectivity index is 1.56. The maximum Gasteiger partial charge on any atom is 0.419 e. The van der Waals surface area contributed by atoms with E-state index in [9.17, 15) is 35.5 Å². The summed E-state index contributed by atoms with van der Waals surface area (Å²) in [5.74, 6) is -5.27. The number of alkyl halides is 3. The van der Waals surface area contributed by atoms with Crippen LogP contribution in [0.25, 0.3) is 22.3 Å². The van der Waals surface area contributed by atoms with Gasteiger partial charge in [0.05, 0.1) is 16.2 Å². The minimum absolute atomic E-state index is 0.0694. The Morgan fingerprint density at radius 3 is 2.43 bits per heavy atom. The van der Waals surface area contributed by atoms with Gasteiger partial charge in [-0.1, -0.05) is 30.3 Å². The molecule has 1 atom stereocenters. The minimum atomic E-state index is -5.20. The van der Waals surface area contributed by atoms with Crippen molar-refractivity contribution in [3.05, 3.63) is 65.4 Å². The summed E-state index contributed by atoms with van der Waals surface area (Å²) in [6, 6.07) is 9.37. The van der Waals surface area contributed by atoms with Gasteiger partial charge >= 0.3 is 6.18 Å². The zero-order valence-corrected chi connectivity index (χ0v) is 23.6. The van der Waals surface area contributed by atoms with E-state index < -0.39 is 50.0 Å². The number of phenols is 1. The predicted octanol–water partition coefficient (Wildman–Crippen LogP) is 4.50. The van der Waals surface area contributed by atoms with Crippen LogP contribution in [0.15, 0.2) is 42.6 Å². The fraction of sp³-hybridized carbons (Fsp3) is 0.370. The number of anilines is 1. The third-order valence-corrected chi connectivity index (χ3v) is 9.52. The molecule has 0 aliphatic carbocycles. The second-order valence-electron chi connectivity index (χ2n) is 10.3. The van der Waals surface area contributed by atoms with E-state index in [0.717, 1.165) is 5.56 Å². The molecule has 224 valence electrons. The van der Waals surface area contributed by atoms with Gasteiger partial charge in [0.15, 0.2) is 23.0 Å². The predicted molar refractivity (Wildman–Crippen MR) is 145 cm³/mol. The molecule has 0 saturated carbocycles. The molecule has 1 aliphatic rings. The van der Waals surface area contributed by atoms with Crippen LogP contribution in [0.4, 0.5) is 27.9 Å². The van der Waals surface area contributed by atoms with Crippen LogP contribution in [0, 0.1) is 11.6 Å². The highest BCUT2D eigenvalue weighted by Gasteiger charge is 2.39. The molecular weight excluding hydrogens is 583 g/mol. The Morgan fingerprint density at radius 1 is 1.10 bits per heavy atom. The highest BCUT2D eigenvalue weighted by molar-refractivity contribution is 7.89. The van der Waals surface area contributed by atoms with Crippen molar-refractivity contribution < 1.29 is 35.5 Å². The average Bonchev–Trinajstić information content (AvgIpc) is 3.27. The third kappa shape index (κ3) is 5.26. The van der Waals surface area contributed by atoms with Gasteiger partial charge in [0, 0.05) is 44.5 Å². The number of halogens is 5. The van der Waals surface area contributed by atoms with Gasteiger partial charge in [0.25, 0.3) is 0 Å². The molecule has 15 heteroatoms. The van der Waals surface area contributed by atoms with Crippen LogP contribution in [0.3, 0.4) is 0 Å². The van der Waals surface area contributed by atoms with E-state index in [4.69, 9.17) is 0 Å². The van der Waals surface area contributed by atoms with Crippen molar-refractivity contribution in [2.24, 2.45) is 7.05 Å². The Morgan fingerprint density at radius 2 is 1.79 bits per heavy atom. The highest BCUT2D eigenvalue weighted by Crippen LogP contribution is 2.41. The molecule has 5 rings (SSSR count). The number of aryl methyl sites for hydroxylation is 1.